The predicted molar refractivity (Wildman–Crippen MR) is 91.6 cm³/mol. The molecule has 27 heavy (non-hydrogen) atoms. The molecule has 9 heteroatoms. The lowest BCUT2D eigenvalue weighted by Crippen LogP contribution is -2.24. The molecule has 0 aliphatic rings. The van der Waals surface area contributed by atoms with Gasteiger partial charge in [-0.1, -0.05) is 10.7 Å². The lowest BCUT2D eigenvalue weighted by molar-refractivity contribution is -0.583. The van der Waals surface area contributed by atoms with E-state index in [1.54, 1.807) is 23.7 Å². The van der Waals surface area contributed by atoms with Crippen molar-refractivity contribution in [3.63, 3.8) is 0 Å². The van der Waals surface area contributed by atoms with Crippen LogP contribution in [0.1, 0.15) is 5.69 Å². The number of ether oxygens (including phenoxy) is 3. The van der Waals surface area contributed by atoms with Crippen LogP contribution >= 0.6 is 0 Å². The molecule has 0 fully saturated rings. The van der Waals surface area contributed by atoms with Crippen LogP contribution in [0.15, 0.2) is 54.1 Å². The number of esters is 2. The van der Waals surface area contributed by atoms with Crippen LogP contribution in [0.3, 0.4) is 0 Å². The minimum Gasteiger partial charge on any atom is -0.616 e. The Morgan fingerprint density at radius 2 is 1.89 bits per heavy atom. The van der Waals surface area contributed by atoms with Gasteiger partial charge in [-0.3, -0.25) is 0 Å². The summed E-state index contributed by atoms with van der Waals surface area (Å²) in [7, 11) is 3.60. The molecule has 0 unspecified atom stereocenters. The summed E-state index contributed by atoms with van der Waals surface area (Å²) in [5.41, 5.74) is 1.31. The summed E-state index contributed by atoms with van der Waals surface area (Å²) in [5.74, 6) is -2.14. The number of hydrogen-bond acceptors (Lipinski definition) is 7. The highest BCUT2D eigenvalue weighted by molar-refractivity contribution is 6.10. The summed E-state index contributed by atoms with van der Waals surface area (Å²) >= 11 is 0. The van der Waals surface area contributed by atoms with Gasteiger partial charge in [0.15, 0.2) is 11.2 Å². The first-order valence-corrected chi connectivity index (χ1v) is 7.81. The van der Waals surface area contributed by atoms with E-state index >= 15 is 0 Å². The summed E-state index contributed by atoms with van der Waals surface area (Å²) in [4.78, 5) is 23.7. The largest absolute Gasteiger partial charge is 0.616 e. The molecule has 9 nitrogen and oxygen atoms in total. The summed E-state index contributed by atoms with van der Waals surface area (Å²) < 4.78 is 17.0. The second kappa shape index (κ2) is 8.65. The Bertz CT molecular complexity index is 955. The molecule has 0 aliphatic carbocycles. The molecular weight excluding hydrogens is 354 g/mol. The number of nitrogens with zero attached hydrogens (tertiary/aromatic N) is 3. The van der Waals surface area contributed by atoms with Gasteiger partial charge in [-0.2, -0.15) is 0 Å². The van der Waals surface area contributed by atoms with Gasteiger partial charge in [-0.15, -0.1) is 4.52 Å². The Labute approximate surface area is 155 Å². The van der Waals surface area contributed by atoms with Gasteiger partial charge in [0, 0.05) is 24.6 Å². The molecule has 0 atom stereocenters. The van der Waals surface area contributed by atoms with Crippen LogP contribution in [0.2, 0.25) is 0 Å². The number of allylic oxidation sites excluding steroid dienone is 3. The van der Waals surface area contributed by atoms with Gasteiger partial charge in [0.2, 0.25) is 5.70 Å². The normalized spacial score (nSPS) is 12.8. The zero-order valence-electron chi connectivity index (χ0n) is 15.3. The molecule has 0 amide bonds. The van der Waals surface area contributed by atoms with E-state index in [0.29, 0.717) is 5.69 Å². The number of methoxy groups -OCH3 is 3. The fraction of sp³-hybridized carbons (Fsp3) is 0.222. The smallest absolute Gasteiger partial charge is 0.380 e. The van der Waals surface area contributed by atoms with Gasteiger partial charge in [-0.25, -0.2) is 9.59 Å². The van der Waals surface area contributed by atoms with Crippen molar-refractivity contribution in [2.75, 3.05) is 21.3 Å². The number of rotatable bonds is 6. The maximum Gasteiger partial charge on any atom is 0.380 e. The number of fused-ring (bicyclic) bond motifs is 1. The van der Waals surface area contributed by atoms with Crippen LogP contribution in [0, 0.1) is 6.92 Å². The maximum absolute atomic E-state index is 12.3. The predicted octanol–water partition coefficient (Wildman–Crippen LogP) is -0.108. The third kappa shape index (κ3) is 4.32. The maximum atomic E-state index is 12.3. The molecule has 2 aromatic heterocycles. The Morgan fingerprint density at radius 1 is 1.15 bits per heavy atom. The number of pyridine rings is 1. The average molecular weight is 373 g/mol. The second-order valence-electron chi connectivity index (χ2n) is 5.24. The monoisotopic (exact) mass is 373 g/mol. The van der Waals surface area contributed by atoms with E-state index in [-0.39, 0.29) is 11.3 Å². The highest BCUT2D eigenvalue weighted by Gasteiger charge is 2.26. The molecule has 2 aromatic rings. The molecule has 2 heterocycles. The van der Waals surface area contributed by atoms with Crippen LogP contribution in [-0.2, 0) is 23.8 Å². The lowest BCUT2D eigenvalue weighted by Gasteiger charge is -2.12. The Hall–Kier alpha value is -3.62. The van der Waals surface area contributed by atoms with Crippen molar-refractivity contribution in [1.82, 2.24) is 9.90 Å². The lowest BCUT2D eigenvalue weighted by atomic mass is 10.2. The molecule has 0 saturated heterocycles. The van der Waals surface area contributed by atoms with Gasteiger partial charge in [0.25, 0.3) is 0 Å². The van der Waals surface area contributed by atoms with Crippen molar-refractivity contribution < 1.29 is 33.4 Å². The van der Waals surface area contributed by atoms with Crippen LogP contribution in [0.4, 0.5) is 0 Å². The molecule has 0 aliphatic heterocycles. The topological polar surface area (TPSA) is 107 Å². The molecule has 0 radical (unpaired) electrons. The van der Waals surface area contributed by atoms with Crippen molar-refractivity contribution >= 4 is 23.2 Å². The highest BCUT2D eigenvalue weighted by Crippen LogP contribution is 2.16. The van der Waals surface area contributed by atoms with Crippen LogP contribution in [-0.4, -0.2) is 43.2 Å². The third-order valence-corrected chi connectivity index (χ3v) is 3.65. The Morgan fingerprint density at radius 3 is 2.48 bits per heavy atom. The van der Waals surface area contributed by atoms with E-state index < -0.39 is 17.9 Å². The van der Waals surface area contributed by atoms with Crippen molar-refractivity contribution in [1.29, 1.82) is 0 Å². The zero-order valence-corrected chi connectivity index (χ0v) is 15.3. The summed E-state index contributed by atoms with van der Waals surface area (Å²) in [6, 6.07) is 5.45. The van der Waals surface area contributed by atoms with Crippen molar-refractivity contribution in [3.05, 3.63) is 59.8 Å². The zero-order chi connectivity index (χ0) is 20.0. The first kappa shape index (κ1) is 19.7. The van der Waals surface area contributed by atoms with E-state index in [2.05, 4.69) is 9.95 Å². The van der Waals surface area contributed by atoms with Crippen molar-refractivity contribution in [3.8, 4) is 0 Å². The fourth-order valence-electron chi connectivity index (χ4n) is 2.28. The van der Waals surface area contributed by atoms with Gasteiger partial charge >= 0.3 is 11.9 Å². The Kier molecular flexibility index (Phi) is 6.32. The third-order valence-electron chi connectivity index (χ3n) is 3.65. The molecule has 0 aromatic carbocycles. The number of carbonyl (C=O) groups is 2. The SMILES string of the molecule is COC(=O)/C=C/C(/C=C(/C(=O)OC)n1n[n+]2ccccc2c1C)=C(/[O-])OC. The van der Waals surface area contributed by atoms with Crippen LogP contribution in [0.25, 0.3) is 11.2 Å². The Balaban J connectivity index is 2.66. The molecule has 0 saturated carbocycles. The van der Waals surface area contributed by atoms with E-state index in [4.69, 9.17) is 9.47 Å². The molecule has 2 rings (SSSR count). The van der Waals surface area contributed by atoms with Crippen LogP contribution in [0.5, 0.6) is 0 Å². The van der Waals surface area contributed by atoms with Gasteiger partial charge in [0.1, 0.15) is 11.4 Å². The van der Waals surface area contributed by atoms with Crippen molar-refractivity contribution in [2.45, 2.75) is 6.92 Å². The van der Waals surface area contributed by atoms with E-state index in [1.807, 2.05) is 12.1 Å². The quantitative estimate of drug-likeness (QED) is 0.229. The van der Waals surface area contributed by atoms with Crippen molar-refractivity contribution in [2.24, 2.45) is 0 Å². The summed E-state index contributed by atoms with van der Waals surface area (Å²) in [6.45, 7) is 1.77. The van der Waals surface area contributed by atoms with Crippen LogP contribution < -0.4 is 9.62 Å². The minimum absolute atomic E-state index is 0.0337. The highest BCUT2D eigenvalue weighted by atomic mass is 16.6. The van der Waals surface area contributed by atoms with Gasteiger partial charge in [-0.05, 0) is 25.3 Å². The van der Waals surface area contributed by atoms with E-state index in [0.717, 1.165) is 11.6 Å². The molecule has 0 bridgehead atoms. The summed E-state index contributed by atoms with van der Waals surface area (Å²) in [5, 5.41) is 16.4. The van der Waals surface area contributed by atoms with E-state index in [1.165, 1.54) is 38.2 Å². The number of carbonyl (C=O) groups excluding carboxylic acids is 2. The molecule has 142 valence electrons. The second-order valence-corrected chi connectivity index (χ2v) is 5.24. The molecular formula is C18H19N3O6. The molecule has 0 spiro atoms. The molecule has 0 N–H and O–H groups in total. The van der Waals surface area contributed by atoms with Gasteiger partial charge in [0.05, 0.1) is 20.2 Å². The number of aromatic nitrogens is 3. The standard InChI is InChI=1S/C18H19N3O6/c1-12-14-7-5-6-10-20(14)19-21(12)15(18(24)27-4)11-13(17(23)26-3)8-9-16(22)25-2/h5-11H,1-4H3. The number of aryl methyl sites for hydroxylation is 1. The first-order valence-electron chi connectivity index (χ1n) is 7.81. The summed E-state index contributed by atoms with van der Waals surface area (Å²) in [6.07, 6.45) is 5.18. The average Bonchev–Trinajstić information content (AvgIpc) is 3.03. The number of hydrogen-bond donors (Lipinski definition) is 0. The van der Waals surface area contributed by atoms with Gasteiger partial charge < -0.3 is 19.3 Å². The first-order chi connectivity index (χ1) is 12.9. The van der Waals surface area contributed by atoms with E-state index in [9.17, 15) is 14.7 Å². The fourth-order valence-corrected chi connectivity index (χ4v) is 2.28. The minimum atomic E-state index is -0.751.